The molecule has 2 bridgehead atoms. The first-order valence-electron chi connectivity index (χ1n) is 9.38. The van der Waals surface area contributed by atoms with Gasteiger partial charge in [-0.05, 0) is 55.6 Å². The van der Waals surface area contributed by atoms with Gasteiger partial charge in [0.05, 0.1) is 0 Å². The van der Waals surface area contributed by atoms with Crippen molar-refractivity contribution in [2.24, 2.45) is 11.8 Å². The number of thioether (sulfide) groups is 1. The Morgan fingerprint density at radius 1 is 1.08 bits per heavy atom. The van der Waals surface area contributed by atoms with Gasteiger partial charge in [-0.2, -0.15) is 0 Å². The highest BCUT2D eigenvalue weighted by molar-refractivity contribution is 7.98. The van der Waals surface area contributed by atoms with Crippen molar-refractivity contribution >= 4 is 17.7 Å². The Hall–Kier alpha value is -1.00. The molecule has 1 saturated carbocycles. The van der Waals surface area contributed by atoms with Crippen LogP contribution in [0.5, 0.6) is 0 Å². The standard InChI is InChI=1S/C20H28N2OS/c1-24-19-9-6-15(7-10-19)11-21-12-16-5-8-18(21)14-22(13-16)20(23)17-3-2-4-17/h6-7,9-10,16-18H,2-5,8,11-14H2,1H3/t16-,18-/m1/s1. The summed E-state index contributed by atoms with van der Waals surface area (Å²) in [5.41, 5.74) is 1.40. The van der Waals surface area contributed by atoms with Crippen molar-refractivity contribution in [2.75, 3.05) is 25.9 Å². The largest absolute Gasteiger partial charge is 0.341 e. The molecule has 0 unspecified atom stereocenters. The normalized spacial score (nSPS) is 27.8. The Kier molecular flexibility index (Phi) is 4.86. The fourth-order valence-corrected chi connectivity index (χ4v) is 4.84. The molecule has 4 aliphatic rings. The molecule has 130 valence electrons. The first kappa shape index (κ1) is 16.5. The predicted molar refractivity (Wildman–Crippen MR) is 99.1 cm³/mol. The maximum absolute atomic E-state index is 12.7. The fourth-order valence-electron chi connectivity index (χ4n) is 4.43. The Labute approximate surface area is 149 Å². The topological polar surface area (TPSA) is 23.6 Å². The van der Waals surface area contributed by atoms with Crippen LogP contribution in [0.25, 0.3) is 0 Å². The minimum atomic E-state index is 0.343. The van der Waals surface area contributed by atoms with E-state index in [0.717, 1.165) is 39.0 Å². The third kappa shape index (κ3) is 3.36. The lowest BCUT2D eigenvalue weighted by molar-refractivity contribution is -0.138. The van der Waals surface area contributed by atoms with E-state index < -0.39 is 0 Å². The second kappa shape index (κ2) is 7.09. The van der Waals surface area contributed by atoms with Gasteiger partial charge in [0.25, 0.3) is 0 Å². The lowest BCUT2D eigenvalue weighted by atomic mass is 9.84. The van der Waals surface area contributed by atoms with Crippen molar-refractivity contribution in [1.29, 1.82) is 0 Å². The van der Waals surface area contributed by atoms with Gasteiger partial charge in [0, 0.05) is 43.0 Å². The Balaban J connectivity index is 1.43. The highest BCUT2D eigenvalue weighted by Gasteiger charge is 2.38. The molecule has 2 atom stereocenters. The van der Waals surface area contributed by atoms with Gasteiger partial charge in [0.15, 0.2) is 0 Å². The molecule has 0 radical (unpaired) electrons. The average Bonchev–Trinajstić information content (AvgIpc) is 2.86. The van der Waals surface area contributed by atoms with E-state index in [0.29, 0.717) is 23.8 Å². The second-order valence-corrected chi connectivity index (χ2v) is 8.63. The zero-order valence-corrected chi connectivity index (χ0v) is 15.4. The van der Waals surface area contributed by atoms with Crippen molar-refractivity contribution in [2.45, 2.75) is 49.6 Å². The zero-order chi connectivity index (χ0) is 16.5. The minimum absolute atomic E-state index is 0.343. The van der Waals surface area contributed by atoms with Gasteiger partial charge in [0.1, 0.15) is 0 Å². The maximum atomic E-state index is 12.7. The molecule has 4 heteroatoms. The van der Waals surface area contributed by atoms with Crippen LogP contribution < -0.4 is 0 Å². The summed E-state index contributed by atoms with van der Waals surface area (Å²) in [5, 5.41) is 0. The molecule has 24 heavy (non-hydrogen) atoms. The second-order valence-electron chi connectivity index (χ2n) is 7.75. The van der Waals surface area contributed by atoms with Crippen molar-refractivity contribution < 1.29 is 4.79 Å². The number of hydrogen-bond acceptors (Lipinski definition) is 3. The van der Waals surface area contributed by atoms with Crippen molar-refractivity contribution in [1.82, 2.24) is 9.80 Å². The van der Waals surface area contributed by atoms with E-state index in [1.807, 2.05) is 0 Å². The summed E-state index contributed by atoms with van der Waals surface area (Å²) >= 11 is 1.80. The molecule has 1 aliphatic carbocycles. The Bertz CT molecular complexity index is 584. The monoisotopic (exact) mass is 344 g/mol. The summed E-state index contributed by atoms with van der Waals surface area (Å²) < 4.78 is 0. The van der Waals surface area contributed by atoms with E-state index in [2.05, 4.69) is 40.3 Å². The molecule has 1 amide bonds. The Morgan fingerprint density at radius 2 is 1.88 bits per heavy atom. The van der Waals surface area contributed by atoms with E-state index in [1.54, 1.807) is 11.8 Å². The molecule has 1 aromatic carbocycles. The molecule has 3 heterocycles. The van der Waals surface area contributed by atoms with Gasteiger partial charge >= 0.3 is 0 Å². The van der Waals surface area contributed by atoms with Gasteiger partial charge < -0.3 is 4.90 Å². The third-order valence-electron chi connectivity index (χ3n) is 6.14. The molecular weight excluding hydrogens is 316 g/mol. The van der Waals surface area contributed by atoms with Crippen LogP contribution in [0.4, 0.5) is 0 Å². The molecule has 0 N–H and O–H groups in total. The minimum Gasteiger partial charge on any atom is -0.341 e. The van der Waals surface area contributed by atoms with Crippen LogP contribution in [0.3, 0.4) is 0 Å². The fraction of sp³-hybridized carbons (Fsp3) is 0.650. The molecular formula is C20H28N2OS. The van der Waals surface area contributed by atoms with Crippen LogP contribution in [0.2, 0.25) is 0 Å². The summed E-state index contributed by atoms with van der Waals surface area (Å²) in [6.07, 6.45) is 8.15. The molecule has 3 aliphatic heterocycles. The summed E-state index contributed by atoms with van der Waals surface area (Å²) in [5.74, 6) is 1.46. The van der Waals surface area contributed by atoms with E-state index in [-0.39, 0.29) is 0 Å². The zero-order valence-electron chi connectivity index (χ0n) is 14.6. The van der Waals surface area contributed by atoms with Crippen LogP contribution in [-0.2, 0) is 11.3 Å². The molecule has 3 saturated heterocycles. The number of nitrogens with zero attached hydrogens (tertiary/aromatic N) is 2. The van der Waals surface area contributed by atoms with Crippen LogP contribution in [0.15, 0.2) is 29.2 Å². The van der Waals surface area contributed by atoms with Gasteiger partial charge in [-0.25, -0.2) is 0 Å². The van der Waals surface area contributed by atoms with Gasteiger partial charge in [-0.1, -0.05) is 18.6 Å². The molecule has 1 aromatic rings. The molecule has 3 nitrogen and oxygen atoms in total. The Morgan fingerprint density at radius 3 is 2.54 bits per heavy atom. The van der Waals surface area contributed by atoms with Crippen LogP contribution in [-0.4, -0.2) is 47.6 Å². The predicted octanol–water partition coefficient (Wildman–Crippen LogP) is 3.63. The van der Waals surface area contributed by atoms with E-state index >= 15 is 0 Å². The summed E-state index contributed by atoms with van der Waals surface area (Å²) in [4.78, 5) is 18.9. The van der Waals surface area contributed by atoms with Crippen LogP contribution in [0, 0.1) is 11.8 Å². The summed E-state index contributed by atoms with van der Waals surface area (Å²) in [7, 11) is 0. The highest BCUT2D eigenvalue weighted by Crippen LogP contribution is 2.33. The van der Waals surface area contributed by atoms with Crippen LogP contribution >= 0.6 is 11.8 Å². The average molecular weight is 345 g/mol. The quantitative estimate of drug-likeness (QED) is 0.779. The van der Waals surface area contributed by atoms with E-state index in [9.17, 15) is 4.79 Å². The van der Waals surface area contributed by atoms with Gasteiger partial charge in [0.2, 0.25) is 5.91 Å². The smallest absolute Gasteiger partial charge is 0.225 e. The number of amides is 1. The number of piperidine rings is 1. The van der Waals surface area contributed by atoms with Crippen molar-refractivity contribution in [3.63, 3.8) is 0 Å². The number of fused-ring (bicyclic) bond motifs is 4. The van der Waals surface area contributed by atoms with E-state index in [1.165, 1.54) is 29.7 Å². The summed E-state index contributed by atoms with van der Waals surface area (Å²) in [6, 6.07) is 9.53. The van der Waals surface area contributed by atoms with Crippen molar-refractivity contribution in [3.8, 4) is 0 Å². The SMILES string of the molecule is CSc1ccc(CN2C[C@H]3CC[C@@H]2CN(C(=O)C2CCC2)C3)cc1. The lowest BCUT2D eigenvalue weighted by Crippen LogP contribution is -2.45. The molecule has 4 fully saturated rings. The third-order valence-corrected chi connectivity index (χ3v) is 6.88. The van der Waals surface area contributed by atoms with Gasteiger partial charge in [-0.15, -0.1) is 11.8 Å². The van der Waals surface area contributed by atoms with Gasteiger partial charge in [-0.3, -0.25) is 9.69 Å². The molecule has 0 aromatic heterocycles. The number of rotatable bonds is 4. The highest BCUT2D eigenvalue weighted by atomic mass is 32.2. The number of carbonyl (C=O) groups is 1. The number of hydrogen-bond donors (Lipinski definition) is 0. The van der Waals surface area contributed by atoms with Crippen molar-refractivity contribution in [3.05, 3.63) is 29.8 Å². The summed E-state index contributed by atoms with van der Waals surface area (Å²) in [6.45, 7) is 4.13. The molecule has 0 spiro atoms. The first-order valence-corrected chi connectivity index (χ1v) is 10.6. The number of benzene rings is 1. The number of carbonyl (C=O) groups excluding carboxylic acids is 1. The maximum Gasteiger partial charge on any atom is 0.225 e. The van der Waals surface area contributed by atoms with E-state index in [4.69, 9.17) is 0 Å². The molecule has 5 rings (SSSR count). The first-order chi connectivity index (χ1) is 11.7. The lowest BCUT2D eigenvalue weighted by Gasteiger charge is -2.36. The van der Waals surface area contributed by atoms with Crippen LogP contribution in [0.1, 0.15) is 37.7 Å².